The zero-order valence-corrected chi connectivity index (χ0v) is 10.6. The van der Waals surface area contributed by atoms with Gasteiger partial charge in [-0.2, -0.15) is 0 Å². The molecule has 92 valence electrons. The van der Waals surface area contributed by atoms with Gasteiger partial charge in [0.05, 0.1) is 19.5 Å². The number of nitrogens with two attached hydrogens (primary N) is 1. The van der Waals surface area contributed by atoms with E-state index in [1.165, 1.54) is 19.4 Å². The van der Waals surface area contributed by atoms with Crippen LogP contribution < -0.4 is 5.32 Å². The largest absolute Gasteiger partial charge is 0.444 e. The maximum Gasteiger partial charge on any atom is 0.410 e. The van der Waals surface area contributed by atoms with Crippen molar-refractivity contribution in [3.05, 3.63) is 0 Å². The summed E-state index contributed by atoms with van der Waals surface area (Å²) in [4.78, 5) is 13.8. The lowest BCUT2D eigenvalue weighted by Gasteiger charge is -2.45. The Morgan fingerprint density at radius 1 is 1.38 bits per heavy atom. The van der Waals surface area contributed by atoms with Gasteiger partial charge in [0, 0.05) is 13.0 Å². The third-order valence-corrected chi connectivity index (χ3v) is 3.48. The smallest absolute Gasteiger partial charge is 0.410 e. The van der Waals surface area contributed by atoms with Crippen LogP contribution in [-0.2, 0) is 4.74 Å². The minimum absolute atomic E-state index is 0.146. The lowest BCUT2D eigenvalue weighted by atomic mass is 9.80. The third-order valence-electron chi connectivity index (χ3n) is 3.48. The van der Waals surface area contributed by atoms with Crippen LogP contribution in [0.15, 0.2) is 0 Å². The Morgan fingerprint density at radius 2 is 2.06 bits per heavy atom. The van der Waals surface area contributed by atoms with Gasteiger partial charge in [0.25, 0.3) is 0 Å². The predicted molar refractivity (Wildman–Crippen MR) is 61.2 cm³/mol. The van der Waals surface area contributed by atoms with E-state index in [2.05, 4.69) is 5.32 Å². The van der Waals surface area contributed by atoms with E-state index in [9.17, 15) is 4.79 Å². The number of rotatable bonds is 0. The summed E-state index contributed by atoms with van der Waals surface area (Å²) >= 11 is 0. The Bertz CT molecular complexity index is 279. The van der Waals surface area contributed by atoms with E-state index in [4.69, 9.17) is 4.74 Å². The molecule has 2 fully saturated rings. The first-order valence-electron chi connectivity index (χ1n) is 6.23. The highest BCUT2D eigenvalue weighted by atomic mass is 16.6. The van der Waals surface area contributed by atoms with Crippen LogP contribution in [0.3, 0.4) is 0 Å². The number of quaternary nitrogens is 1. The SMILES string of the molecule is CC(C)(C)OC(=O)N1CCC[C@]2(CC[NH2+]2)C1. The summed E-state index contributed by atoms with van der Waals surface area (Å²) < 4.78 is 5.41. The highest BCUT2D eigenvalue weighted by Gasteiger charge is 2.46. The summed E-state index contributed by atoms with van der Waals surface area (Å²) in [7, 11) is 0. The number of likely N-dealkylation sites (tertiary alicyclic amines) is 1. The third kappa shape index (κ3) is 2.48. The molecule has 2 rings (SSSR count). The molecule has 0 aromatic heterocycles. The van der Waals surface area contributed by atoms with Gasteiger partial charge in [-0.1, -0.05) is 0 Å². The first-order chi connectivity index (χ1) is 7.40. The van der Waals surface area contributed by atoms with Crippen molar-refractivity contribution in [2.45, 2.75) is 51.2 Å². The highest BCUT2D eigenvalue weighted by Crippen LogP contribution is 2.25. The molecule has 2 aliphatic heterocycles. The predicted octanol–water partition coefficient (Wildman–Crippen LogP) is 0.723. The molecule has 4 nitrogen and oxygen atoms in total. The van der Waals surface area contributed by atoms with E-state index in [0.29, 0.717) is 5.54 Å². The second-order valence-electron chi connectivity index (χ2n) is 6.11. The Labute approximate surface area is 97.3 Å². The van der Waals surface area contributed by atoms with Crippen molar-refractivity contribution in [2.75, 3.05) is 19.6 Å². The highest BCUT2D eigenvalue weighted by molar-refractivity contribution is 5.68. The number of carbonyl (C=O) groups excluding carboxylic acids is 1. The normalized spacial score (nSPS) is 30.1. The summed E-state index contributed by atoms with van der Waals surface area (Å²) in [6, 6.07) is 0. The maximum absolute atomic E-state index is 11.9. The molecule has 1 spiro atoms. The average molecular weight is 227 g/mol. The van der Waals surface area contributed by atoms with Crippen LogP contribution in [0.25, 0.3) is 0 Å². The monoisotopic (exact) mass is 227 g/mol. The molecule has 16 heavy (non-hydrogen) atoms. The van der Waals surface area contributed by atoms with E-state index >= 15 is 0 Å². The van der Waals surface area contributed by atoms with Crippen molar-refractivity contribution in [2.24, 2.45) is 0 Å². The maximum atomic E-state index is 11.9. The zero-order valence-electron chi connectivity index (χ0n) is 10.6. The van der Waals surface area contributed by atoms with Crippen molar-refractivity contribution in [3.8, 4) is 0 Å². The number of hydrogen-bond donors (Lipinski definition) is 1. The van der Waals surface area contributed by atoms with Crippen LogP contribution in [0.4, 0.5) is 4.79 Å². The van der Waals surface area contributed by atoms with Crippen molar-refractivity contribution < 1.29 is 14.8 Å². The lowest BCUT2D eigenvalue weighted by Crippen LogP contribution is -3.07. The van der Waals surface area contributed by atoms with Crippen molar-refractivity contribution in [1.29, 1.82) is 0 Å². The minimum Gasteiger partial charge on any atom is -0.444 e. The second kappa shape index (κ2) is 3.91. The van der Waals surface area contributed by atoms with Gasteiger partial charge in [0.2, 0.25) is 0 Å². The molecule has 0 aliphatic carbocycles. The summed E-state index contributed by atoms with van der Waals surface area (Å²) in [6.45, 7) is 8.68. The van der Waals surface area contributed by atoms with Gasteiger partial charge < -0.3 is 15.0 Å². The average Bonchev–Trinajstić information content (AvgIpc) is 2.13. The van der Waals surface area contributed by atoms with Crippen molar-refractivity contribution in [1.82, 2.24) is 4.90 Å². The van der Waals surface area contributed by atoms with Gasteiger partial charge in [-0.05, 0) is 27.2 Å². The van der Waals surface area contributed by atoms with Crippen LogP contribution in [0, 0.1) is 0 Å². The Hall–Kier alpha value is -0.770. The molecular weight excluding hydrogens is 204 g/mol. The van der Waals surface area contributed by atoms with E-state index in [1.54, 1.807) is 0 Å². The topological polar surface area (TPSA) is 46.1 Å². The molecule has 2 heterocycles. The van der Waals surface area contributed by atoms with Gasteiger partial charge in [0.15, 0.2) is 0 Å². The number of hydrogen-bond acceptors (Lipinski definition) is 2. The van der Waals surface area contributed by atoms with Crippen LogP contribution >= 0.6 is 0 Å². The molecule has 0 saturated carbocycles. The number of nitrogens with zero attached hydrogens (tertiary/aromatic N) is 1. The molecular formula is C12H23N2O2+. The van der Waals surface area contributed by atoms with Gasteiger partial charge in [-0.15, -0.1) is 0 Å². The molecule has 0 unspecified atom stereocenters. The minimum atomic E-state index is -0.384. The summed E-state index contributed by atoms with van der Waals surface area (Å²) in [5, 5.41) is 2.38. The van der Waals surface area contributed by atoms with Crippen molar-refractivity contribution >= 4 is 6.09 Å². The molecule has 2 N–H and O–H groups in total. The molecule has 0 radical (unpaired) electrons. The molecule has 4 heteroatoms. The Kier molecular flexibility index (Phi) is 2.86. The van der Waals surface area contributed by atoms with E-state index < -0.39 is 0 Å². The van der Waals surface area contributed by atoms with Gasteiger partial charge >= 0.3 is 6.09 Å². The summed E-state index contributed by atoms with van der Waals surface area (Å²) in [5.41, 5.74) is -0.0554. The van der Waals surface area contributed by atoms with E-state index in [0.717, 1.165) is 19.5 Å². The van der Waals surface area contributed by atoms with Gasteiger partial charge in [-0.25, -0.2) is 4.79 Å². The standard InChI is InChI=1S/C12H22N2O2/c1-11(2,3)16-10(15)14-8-4-5-12(9-14)6-7-13-12/h13H,4-9H2,1-3H3/p+1/t12-/m0/s1. The van der Waals surface area contributed by atoms with Crippen molar-refractivity contribution in [3.63, 3.8) is 0 Å². The molecule has 2 saturated heterocycles. The fraction of sp³-hybridized carbons (Fsp3) is 0.917. The Balaban J connectivity index is 1.91. The fourth-order valence-corrected chi connectivity index (χ4v) is 2.57. The molecule has 1 atom stereocenters. The zero-order chi connectivity index (χ0) is 11.8. The summed E-state index contributed by atoms with van der Waals surface area (Å²) in [5.74, 6) is 0. The number of carbonyl (C=O) groups is 1. The number of piperidine rings is 1. The number of amides is 1. The van der Waals surface area contributed by atoms with E-state index in [-0.39, 0.29) is 11.7 Å². The van der Waals surface area contributed by atoms with Crippen LogP contribution in [-0.4, -0.2) is 41.8 Å². The summed E-state index contributed by atoms with van der Waals surface area (Å²) in [6.07, 6.45) is 3.45. The first kappa shape index (κ1) is 11.7. The molecule has 1 amide bonds. The molecule has 0 bridgehead atoms. The van der Waals surface area contributed by atoms with E-state index in [1.807, 2.05) is 25.7 Å². The first-order valence-corrected chi connectivity index (χ1v) is 6.23. The molecule has 2 aliphatic rings. The van der Waals surface area contributed by atoms with Gasteiger partial charge in [0.1, 0.15) is 11.1 Å². The molecule has 0 aromatic rings. The van der Waals surface area contributed by atoms with Crippen LogP contribution in [0.1, 0.15) is 40.0 Å². The van der Waals surface area contributed by atoms with Crippen LogP contribution in [0.5, 0.6) is 0 Å². The number of ether oxygens (including phenoxy) is 1. The lowest BCUT2D eigenvalue weighted by molar-refractivity contribution is -0.785. The fourth-order valence-electron chi connectivity index (χ4n) is 2.57. The second-order valence-corrected chi connectivity index (χ2v) is 6.11. The van der Waals surface area contributed by atoms with Gasteiger partial charge in [-0.3, -0.25) is 0 Å². The molecule has 0 aromatic carbocycles. The van der Waals surface area contributed by atoms with Crippen LogP contribution in [0.2, 0.25) is 0 Å². The Morgan fingerprint density at radius 3 is 2.56 bits per heavy atom. The quantitative estimate of drug-likeness (QED) is 0.663.